The smallest absolute Gasteiger partial charge is 0.339 e. The van der Waals surface area contributed by atoms with Gasteiger partial charge in [0.2, 0.25) is 5.91 Å². The molecular formula is C22H28FNO4S. The summed E-state index contributed by atoms with van der Waals surface area (Å²) < 4.78 is 43.6. The largest absolute Gasteiger partial charge is 0.379 e. The highest BCUT2D eigenvalue weighted by atomic mass is 32.2. The van der Waals surface area contributed by atoms with Crippen molar-refractivity contribution in [1.29, 1.82) is 0 Å². The molecule has 29 heavy (non-hydrogen) atoms. The summed E-state index contributed by atoms with van der Waals surface area (Å²) in [5, 5.41) is 0. The van der Waals surface area contributed by atoms with Gasteiger partial charge in [-0.15, -0.1) is 0 Å². The van der Waals surface area contributed by atoms with E-state index in [4.69, 9.17) is 4.18 Å². The van der Waals surface area contributed by atoms with Crippen molar-refractivity contribution in [3.05, 3.63) is 59.9 Å². The lowest BCUT2D eigenvalue weighted by molar-refractivity contribution is -0.134. The maximum atomic E-state index is 13.1. The summed E-state index contributed by atoms with van der Waals surface area (Å²) in [5.74, 6) is -0.135. The van der Waals surface area contributed by atoms with Crippen LogP contribution in [0.15, 0.2) is 53.4 Å². The Morgan fingerprint density at radius 1 is 1.07 bits per heavy atom. The Hall–Kier alpha value is -2.41. The molecule has 2 aromatic rings. The molecule has 0 saturated heterocycles. The van der Waals surface area contributed by atoms with Gasteiger partial charge in [0.25, 0.3) is 0 Å². The van der Waals surface area contributed by atoms with E-state index in [1.807, 2.05) is 27.7 Å². The molecule has 1 amide bonds. The number of benzene rings is 2. The number of halogens is 1. The third kappa shape index (κ3) is 6.29. The third-order valence-electron chi connectivity index (χ3n) is 4.64. The summed E-state index contributed by atoms with van der Waals surface area (Å²) in [4.78, 5) is 14.4. The first kappa shape index (κ1) is 22.9. The first-order valence-corrected chi connectivity index (χ1v) is 11.1. The van der Waals surface area contributed by atoms with Crippen molar-refractivity contribution in [2.24, 2.45) is 5.92 Å². The van der Waals surface area contributed by atoms with Crippen LogP contribution < -0.4 is 4.18 Å². The monoisotopic (exact) mass is 421 g/mol. The fourth-order valence-corrected chi connectivity index (χ4v) is 3.81. The van der Waals surface area contributed by atoms with Gasteiger partial charge >= 0.3 is 10.1 Å². The fraction of sp³-hybridized carbons (Fsp3) is 0.409. The summed E-state index contributed by atoms with van der Waals surface area (Å²) in [6.45, 7) is 8.19. The van der Waals surface area contributed by atoms with E-state index in [2.05, 4.69) is 0 Å². The number of rotatable bonds is 9. The highest BCUT2D eigenvalue weighted by molar-refractivity contribution is 7.87. The van der Waals surface area contributed by atoms with Gasteiger partial charge in [-0.25, -0.2) is 4.39 Å². The van der Waals surface area contributed by atoms with Crippen LogP contribution in [0, 0.1) is 11.7 Å². The molecule has 0 aliphatic heterocycles. The zero-order valence-electron chi connectivity index (χ0n) is 17.3. The Kier molecular flexibility index (Phi) is 7.79. The second-order valence-electron chi connectivity index (χ2n) is 7.48. The number of nitrogens with zero attached hydrogens (tertiary/aromatic N) is 1. The predicted molar refractivity (Wildman–Crippen MR) is 110 cm³/mol. The lowest BCUT2D eigenvalue weighted by atomic mass is 10.1. The Morgan fingerprint density at radius 2 is 1.69 bits per heavy atom. The Bertz CT molecular complexity index is 926. The van der Waals surface area contributed by atoms with Crippen LogP contribution in [0.25, 0.3) is 0 Å². The fourth-order valence-electron chi connectivity index (χ4n) is 2.84. The van der Waals surface area contributed by atoms with E-state index in [9.17, 15) is 17.6 Å². The minimum Gasteiger partial charge on any atom is -0.379 e. The van der Waals surface area contributed by atoms with E-state index in [1.54, 1.807) is 29.2 Å². The molecule has 0 unspecified atom stereocenters. The molecule has 0 radical (unpaired) electrons. The molecule has 0 fully saturated rings. The van der Waals surface area contributed by atoms with E-state index in [0.29, 0.717) is 12.0 Å². The van der Waals surface area contributed by atoms with Crippen molar-refractivity contribution in [2.75, 3.05) is 0 Å². The quantitative estimate of drug-likeness (QED) is 0.547. The van der Waals surface area contributed by atoms with Gasteiger partial charge in [-0.05, 0) is 49.6 Å². The lowest BCUT2D eigenvalue weighted by Gasteiger charge is -2.30. The lowest BCUT2D eigenvalue weighted by Crippen LogP contribution is -2.38. The molecule has 0 aliphatic rings. The zero-order chi connectivity index (χ0) is 21.6. The van der Waals surface area contributed by atoms with E-state index in [-0.39, 0.29) is 35.1 Å². The highest BCUT2D eigenvalue weighted by Crippen LogP contribution is 2.26. The maximum absolute atomic E-state index is 13.1. The molecule has 0 bridgehead atoms. The second-order valence-corrected chi connectivity index (χ2v) is 9.02. The van der Waals surface area contributed by atoms with Gasteiger partial charge in [0.1, 0.15) is 16.5 Å². The normalized spacial score (nSPS) is 12.6. The average molecular weight is 422 g/mol. The number of carbonyl (C=O) groups is 1. The molecule has 2 aromatic carbocycles. The van der Waals surface area contributed by atoms with Crippen LogP contribution in [0.5, 0.6) is 5.75 Å². The molecule has 0 aliphatic carbocycles. The number of carbonyl (C=O) groups excluding carboxylic acids is 1. The molecule has 0 aromatic heterocycles. The standard InChI is InChI=1S/C22H28FNO4S/c1-5-17(4)24(22(25)14-16(2)3)15-18-8-6-7-9-21(18)28-29(26,27)20-12-10-19(23)11-13-20/h6-13,16-17H,5,14-15H2,1-4H3/t17-/m0/s1. The second kappa shape index (κ2) is 9.87. The van der Waals surface area contributed by atoms with Crippen LogP contribution in [-0.4, -0.2) is 25.3 Å². The van der Waals surface area contributed by atoms with Crippen LogP contribution in [0.4, 0.5) is 4.39 Å². The van der Waals surface area contributed by atoms with Crippen LogP contribution in [0.3, 0.4) is 0 Å². The van der Waals surface area contributed by atoms with Crippen molar-refractivity contribution >= 4 is 16.0 Å². The molecule has 0 heterocycles. The summed E-state index contributed by atoms with van der Waals surface area (Å²) in [6, 6.07) is 11.2. The first-order chi connectivity index (χ1) is 13.6. The van der Waals surface area contributed by atoms with Crippen LogP contribution in [-0.2, 0) is 21.5 Å². The SMILES string of the molecule is CC[C@H](C)N(Cc1ccccc1OS(=O)(=O)c1ccc(F)cc1)C(=O)CC(C)C. The van der Waals surface area contributed by atoms with Crippen LogP contribution in [0.1, 0.15) is 46.1 Å². The topological polar surface area (TPSA) is 63.7 Å². The van der Waals surface area contributed by atoms with Crippen molar-refractivity contribution in [2.45, 2.75) is 58.0 Å². The minimum absolute atomic E-state index is 0.00279. The van der Waals surface area contributed by atoms with Crippen LogP contribution >= 0.6 is 0 Å². The van der Waals surface area contributed by atoms with E-state index >= 15 is 0 Å². The predicted octanol–water partition coefficient (Wildman–Crippen LogP) is 4.77. The Balaban J connectivity index is 2.31. The summed E-state index contributed by atoms with van der Waals surface area (Å²) >= 11 is 0. The summed E-state index contributed by atoms with van der Waals surface area (Å²) in [6.07, 6.45) is 1.20. The number of amides is 1. The van der Waals surface area contributed by atoms with Crippen molar-refractivity contribution in [1.82, 2.24) is 4.90 Å². The number of hydrogen-bond acceptors (Lipinski definition) is 4. The van der Waals surface area contributed by atoms with Gasteiger partial charge in [-0.3, -0.25) is 4.79 Å². The van der Waals surface area contributed by atoms with Gasteiger partial charge in [0.05, 0.1) is 0 Å². The van der Waals surface area contributed by atoms with Crippen molar-refractivity contribution < 1.29 is 21.8 Å². The van der Waals surface area contributed by atoms with Crippen LogP contribution in [0.2, 0.25) is 0 Å². The molecule has 158 valence electrons. The molecule has 1 atom stereocenters. The average Bonchev–Trinajstić information content (AvgIpc) is 2.66. The van der Waals surface area contributed by atoms with Crippen molar-refractivity contribution in [3.8, 4) is 5.75 Å². The number of para-hydroxylation sites is 1. The highest BCUT2D eigenvalue weighted by Gasteiger charge is 2.23. The van der Waals surface area contributed by atoms with E-state index < -0.39 is 15.9 Å². The zero-order valence-corrected chi connectivity index (χ0v) is 18.1. The maximum Gasteiger partial charge on any atom is 0.339 e. The van der Waals surface area contributed by atoms with Gasteiger partial charge in [0.15, 0.2) is 0 Å². The number of hydrogen-bond donors (Lipinski definition) is 0. The molecule has 7 heteroatoms. The van der Waals surface area contributed by atoms with E-state index in [0.717, 1.165) is 30.7 Å². The first-order valence-electron chi connectivity index (χ1n) is 9.71. The molecule has 0 saturated carbocycles. The van der Waals surface area contributed by atoms with Gasteiger partial charge in [-0.2, -0.15) is 8.42 Å². The Morgan fingerprint density at radius 3 is 2.28 bits per heavy atom. The molecule has 2 rings (SSSR count). The summed E-state index contributed by atoms with van der Waals surface area (Å²) in [7, 11) is -4.12. The molecule has 0 spiro atoms. The van der Waals surface area contributed by atoms with Crippen molar-refractivity contribution in [3.63, 3.8) is 0 Å². The molecule has 0 N–H and O–H groups in total. The molecular weight excluding hydrogens is 393 g/mol. The minimum atomic E-state index is -4.12. The van der Waals surface area contributed by atoms with Gasteiger partial charge < -0.3 is 9.08 Å². The third-order valence-corrected chi connectivity index (χ3v) is 5.89. The summed E-state index contributed by atoms with van der Waals surface area (Å²) in [5.41, 5.74) is 0.593. The molecule has 5 nitrogen and oxygen atoms in total. The Labute approximate surface area is 172 Å². The van der Waals surface area contributed by atoms with Gasteiger partial charge in [0, 0.05) is 24.6 Å². The van der Waals surface area contributed by atoms with E-state index in [1.165, 1.54) is 0 Å². The van der Waals surface area contributed by atoms with Gasteiger partial charge in [-0.1, -0.05) is 39.0 Å².